The predicted molar refractivity (Wildman–Crippen MR) is 78.1 cm³/mol. The smallest absolute Gasteiger partial charge is 0.250 e. The summed E-state index contributed by atoms with van der Waals surface area (Å²) in [6, 6.07) is 3.67. The second-order valence-corrected chi connectivity index (χ2v) is 5.97. The lowest BCUT2D eigenvalue weighted by molar-refractivity contribution is 0.634. The molecule has 5 heteroatoms. The molecule has 0 spiro atoms. The van der Waals surface area contributed by atoms with Crippen LogP contribution in [0, 0.1) is 0 Å². The van der Waals surface area contributed by atoms with E-state index in [0.717, 1.165) is 42.9 Å². The summed E-state index contributed by atoms with van der Waals surface area (Å²) in [7, 11) is 0. The molecule has 0 saturated heterocycles. The van der Waals surface area contributed by atoms with E-state index in [1.807, 2.05) is 16.0 Å². The summed E-state index contributed by atoms with van der Waals surface area (Å²) in [4.78, 5) is 16.4. The Morgan fingerprint density at radius 1 is 1.37 bits per heavy atom. The van der Waals surface area contributed by atoms with E-state index < -0.39 is 0 Å². The topological polar surface area (TPSA) is 34.9 Å². The Hall–Kier alpha value is -1.13. The standard InChI is InChI=1S/C14H15ClN2OS/c15-8-11-9-19-13(16-11)6-7-17-12-3-1-2-10(12)4-5-14(17)18/h4-5,9H,1-3,6-8H2. The van der Waals surface area contributed by atoms with Crippen LogP contribution in [0.25, 0.3) is 0 Å². The number of hydrogen-bond acceptors (Lipinski definition) is 3. The molecule has 2 aromatic heterocycles. The van der Waals surface area contributed by atoms with E-state index in [9.17, 15) is 4.79 Å². The van der Waals surface area contributed by atoms with Crippen LogP contribution in [0.15, 0.2) is 22.3 Å². The average molecular weight is 295 g/mol. The van der Waals surface area contributed by atoms with Gasteiger partial charge in [0.1, 0.15) is 0 Å². The molecule has 0 bridgehead atoms. The van der Waals surface area contributed by atoms with Crippen LogP contribution < -0.4 is 5.56 Å². The average Bonchev–Trinajstić information content (AvgIpc) is 3.05. The zero-order valence-electron chi connectivity index (χ0n) is 10.6. The number of fused-ring (bicyclic) bond motifs is 1. The van der Waals surface area contributed by atoms with E-state index in [2.05, 4.69) is 4.98 Å². The van der Waals surface area contributed by atoms with Crippen molar-refractivity contribution in [1.82, 2.24) is 9.55 Å². The lowest BCUT2D eigenvalue weighted by Crippen LogP contribution is -2.23. The Morgan fingerprint density at radius 2 is 2.26 bits per heavy atom. The minimum Gasteiger partial charge on any atom is -0.312 e. The first-order valence-electron chi connectivity index (χ1n) is 6.49. The van der Waals surface area contributed by atoms with Crippen molar-refractivity contribution < 1.29 is 0 Å². The van der Waals surface area contributed by atoms with Crippen LogP contribution in [-0.2, 0) is 31.7 Å². The van der Waals surface area contributed by atoms with E-state index >= 15 is 0 Å². The molecule has 3 nitrogen and oxygen atoms in total. The van der Waals surface area contributed by atoms with E-state index in [0.29, 0.717) is 5.88 Å². The molecule has 0 radical (unpaired) electrons. The third-order valence-corrected chi connectivity index (χ3v) is 4.77. The van der Waals surface area contributed by atoms with Crippen molar-refractivity contribution in [1.29, 1.82) is 0 Å². The molecule has 0 fully saturated rings. The Morgan fingerprint density at radius 3 is 3.05 bits per heavy atom. The summed E-state index contributed by atoms with van der Waals surface area (Å²) in [5.41, 5.74) is 3.59. The lowest BCUT2D eigenvalue weighted by Gasteiger charge is -2.10. The molecular weight excluding hydrogens is 280 g/mol. The van der Waals surface area contributed by atoms with E-state index in [4.69, 9.17) is 11.6 Å². The van der Waals surface area contributed by atoms with Gasteiger partial charge in [0.25, 0.3) is 5.56 Å². The van der Waals surface area contributed by atoms with E-state index in [1.165, 1.54) is 11.3 Å². The van der Waals surface area contributed by atoms with Crippen molar-refractivity contribution in [3.05, 3.63) is 49.8 Å². The van der Waals surface area contributed by atoms with Gasteiger partial charge in [-0.2, -0.15) is 0 Å². The number of aryl methyl sites for hydroxylation is 2. The van der Waals surface area contributed by atoms with Gasteiger partial charge in [0.2, 0.25) is 0 Å². The SMILES string of the molecule is O=c1ccc2c(n1CCc1nc(CCl)cs1)CCC2. The first-order valence-corrected chi connectivity index (χ1v) is 7.90. The number of nitrogens with zero attached hydrogens (tertiary/aromatic N) is 2. The first-order chi connectivity index (χ1) is 9.28. The van der Waals surface area contributed by atoms with Gasteiger partial charge in [-0.25, -0.2) is 4.98 Å². The molecular formula is C14H15ClN2OS. The van der Waals surface area contributed by atoms with Gasteiger partial charge in [0.05, 0.1) is 16.6 Å². The van der Waals surface area contributed by atoms with Crippen LogP contribution in [-0.4, -0.2) is 9.55 Å². The van der Waals surface area contributed by atoms with Crippen LogP contribution in [0.1, 0.15) is 28.4 Å². The highest BCUT2D eigenvalue weighted by molar-refractivity contribution is 7.09. The zero-order valence-corrected chi connectivity index (χ0v) is 12.1. The summed E-state index contributed by atoms with van der Waals surface area (Å²) in [6.45, 7) is 0.719. The van der Waals surface area contributed by atoms with E-state index in [-0.39, 0.29) is 5.56 Å². The monoisotopic (exact) mass is 294 g/mol. The largest absolute Gasteiger partial charge is 0.312 e. The fraction of sp³-hybridized carbons (Fsp3) is 0.429. The number of hydrogen-bond donors (Lipinski definition) is 0. The summed E-state index contributed by atoms with van der Waals surface area (Å²) in [6.07, 6.45) is 4.09. The van der Waals surface area contributed by atoms with E-state index in [1.54, 1.807) is 17.4 Å². The second-order valence-electron chi connectivity index (χ2n) is 4.76. The molecule has 0 aromatic carbocycles. The highest BCUT2D eigenvalue weighted by Crippen LogP contribution is 2.20. The van der Waals surface area contributed by atoms with Crippen molar-refractivity contribution in [2.75, 3.05) is 0 Å². The number of aromatic nitrogens is 2. The normalized spacial score (nSPS) is 13.7. The first kappa shape index (κ1) is 12.9. The quantitative estimate of drug-likeness (QED) is 0.813. The molecule has 2 heterocycles. The Bertz CT molecular complexity index is 647. The van der Waals surface area contributed by atoms with Gasteiger partial charge in [0.15, 0.2) is 0 Å². The molecule has 1 aliphatic carbocycles. The van der Waals surface area contributed by atoms with Crippen molar-refractivity contribution in [2.45, 2.75) is 38.1 Å². The van der Waals surface area contributed by atoms with Crippen LogP contribution >= 0.6 is 22.9 Å². The predicted octanol–water partition coefficient (Wildman–Crippen LogP) is 2.78. The molecule has 0 saturated carbocycles. The number of thiazole rings is 1. The Balaban J connectivity index is 1.80. The van der Waals surface area contributed by atoms with Crippen molar-refractivity contribution in [3.63, 3.8) is 0 Å². The maximum Gasteiger partial charge on any atom is 0.250 e. The van der Waals surface area contributed by atoms with Gasteiger partial charge >= 0.3 is 0 Å². The molecule has 0 aliphatic heterocycles. The molecule has 0 N–H and O–H groups in total. The highest BCUT2D eigenvalue weighted by Gasteiger charge is 2.15. The van der Waals surface area contributed by atoms with Crippen LogP contribution in [0.4, 0.5) is 0 Å². The molecule has 1 aliphatic rings. The van der Waals surface area contributed by atoms with Gasteiger partial charge in [-0.05, 0) is 24.8 Å². The molecule has 0 atom stereocenters. The summed E-state index contributed by atoms with van der Waals surface area (Å²) in [5.74, 6) is 0.456. The number of halogens is 1. The fourth-order valence-electron chi connectivity index (χ4n) is 2.61. The van der Waals surface area contributed by atoms with Crippen LogP contribution in [0.2, 0.25) is 0 Å². The fourth-order valence-corrected chi connectivity index (χ4v) is 3.63. The van der Waals surface area contributed by atoms with Crippen molar-refractivity contribution >= 4 is 22.9 Å². The van der Waals surface area contributed by atoms with Crippen molar-refractivity contribution in [3.8, 4) is 0 Å². The maximum atomic E-state index is 12.0. The zero-order chi connectivity index (χ0) is 13.2. The van der Waals surface area contributed by atoms with Crippen LogP contribution in [0.3, 0.4) is 0 Å². The minimum atomic E-state index is 0.106. The Labute approximate surface area is 120 Å². The highest BCUT2D eigenvalue weighted by atomic mass is 35.5. The minimum absolute atomic E-state index is 0.106. The van der Waals surface area contributed by atoms with Gasteiger partial charge in [-0.1, -0.05) is 6.07 Å². The number of rotatable bonds is 4. The van der Waals surface area contributed by atoms with Crippen molar-refractivity contribution in [2.24, 2.45) is 0 Å². The molecule has 100 valence electrons. The Kier molecular flexibility index (Phi) is 3.71. The maximum absolute atomic E-state index is 12.0. The van der Waals surface area contributed by atoms with Gasteiger partial charge < -0.3 is 4.57 Å². The number of alkyl halides is 1. The number of pyridine rings is 1. The van der Waals surface area contributed by atoms with Gasteiger partial charge in [0, 0.05) is 30.1 Å². The van der Waals surface area contributed by atoms with Gasteiger partial charge in [-0.3, -0.25) is 4.79 Å². The summed E-state index contributed by atoms with van der Waals surface area (Å²) >= 11 is 7.37. The molecule has 0 amide bonds. The molecule has 0 unspecified atom stereocenters. The summed E-state index contributed by atoms with van der Waals surface area (Å²) in [5, 5.41) is 3.04. The second kappa shape index (κ2) is 5.47. The molecule has 2 aromatic rings. The van der Waals surface area contributed by atoms with Gasteiger partial charge in [-0.15, -0.1) is 22.9 Å². The molecule has 19 heavy (non-hydrogen) atoms. The third kappa shape index (κ3) is 2.60. The molecule has 3 rings (SSSR count). The third-order valence-electron chi connectivity index (χ3n) is 3.53. The lowest BCUT2D eigenvalue weighted by atomic mass is 10.2. The van der Waals surface area contributed by atoms with Crippen LogP contribution in [0.5, 0.6) is 0 Å². The summed E-state index contributed by atoms with van der Waals surface area (Å²) < 4.78 is 1.92.